The smallest absolute Gasteiger partial charge is 0.357 e. The number of methoxy groups -OCH3 is 1. The van der Waals surface area contributed by atoms with E-state index in [1.54, 1.807) is 24.8 Å². The van der Waals surface area contributed by atoms with Gasteiger partial charge in [-0.3, -0.25) is 0 Å². The molecule has 0 amide bonds. The number of para-hydroxylation sites is 1. The minimum absolute atomic E-state index is 0.174. The van der Waals surface area contributed by atoms with Crippen molar-refractivity contribution in [2.75, 3.05) is 20.5 Å². The van der Waals surface area contributed by atoms with Gasteiger partial charge in [-0.1, -0.05) is 18.2 Å². The van der Waals surface area contributed by atoms with Gasteiger partial charge in [0.2, 0.25) is 0 Å². The number of benzene rings is 1. The van der Waals surface area contributed by atoms with Crippen LogP contribution < -0.4 is 0 Å². The van der Waals surface area contributed by atoms with Crippen LogP contribution in [0.3, 0.4) is 0 Å². The summed E-state index contributed by atoms with van der Waals surface area (Å²) in [6.07, 6.45) is 0. The van der Waals surface area contributed by atoms with Crippen molar-refractivity contribution in [1.29, 1.82) is 0 Å². The Labute approximate surface area is 123 Å². The van der Waals surface area contributed by atoms with E-state index in [1.807, 2.05) is 30.3 Å². The van der Waals surface area contributed by atoms with Crippen LogP contribution in [-0.4, -0.2) is 36.3 Å². The van der Waals surface area contributed by atoms with Gasteiger partial charge in [-0.25, -0.2) is 9.48 Å². The number of nitrogens with zero attached hydrogens (tertiary/aromatic N) is 2. The van der Waals surface area contributed by atoms with Gasteiger partial charge >= 0.3 is 5.97 Å². The zero-order chi connectivity index (χ0) is 15.1. The van der Waals surface area contributed by atoms with E-state index in [0.29, 0.717) is 18.0 Å². The van der Waals surface area contributed by atoms with Crippen LogP contribution in [0.1, 0.15) is 23.1 Å². The first kappa shape index (κ1) is 15.2. The predicted molar refractivity (Wildman–Crippen MR) is 76.2 cm³/mol. The molecule has 6 nitrogen and oxygen atoms in total. The van der Waals surface area contributed by atoms with Gasteiger partial charge in [0.25, 0.3) is 0 Å². The van der Waals surface area contributed by atoms with Crippen LogP contribution in [0.4, 0.5) is 0 Å². The maximum absolute atomic E-state index is 12.0. The maximum atomic E-state index is 12.0. The number of rotatable bonds is 7. The molecule has 2 rings (SSSR count). The highest BCUT2D eigenvalue weighted by atomic mass is 16.7. The van der Waals surface area contributed by atoms with Crippen molar-refractivity contribution < 1.29 is 19.0 Å². The van der Waals surface area contributed by atoms with Crippen molar-refractivity contribution >= 4 is 5.97 Å². The lowest BCUT2D eigenvalue weighted by molar-refractivity contribution is -0.0401. The fourth-order valence-electron chi connectivity index (χ4n) is 1.85. The summed E-state index contributed by atoms with van der Waals surface area (Å²) >= 11 is 0. The van der Waals surface area contributed by atoms with Gasteiger partial charge in [0.15, 0.2) is 5.69 Å². The second-order valence-corrected chi connectivity index (χ2v) is 4.24. The molecule has 0 spiro atoms. The minimum atomic E-state index is -0.410. The summed E-state index contributed by atoms with van der Waals surface area (Å²) in [5, 5.41) is 4.39. The largest absolute Gasteiger partial charge is 0.461 e. The molecule has 6 heteroatoms. The zero-order valence-electron chi connectivity index (χ0n) is 12.1. The maximum Gasteiger partial charge on any atom is 0.357 e. The molecule has 1 aromatic carbocycles. The van der Waals surface area contributed by atoms with Gasteiger partial charge in [-0.15, -0.1) is 0 Å². The second-order valence-electron chi connectivity index (χ2n) is 4.24. The Morgan fingerprint density at radius 1 is 1.29 bits per heavy atom. The molecule has 0 aliphatic heterocycles. The molecule has 1 heterocycles. The first-order chi connectivity index (χ1) is 10.3. The third-order valence-electron chi connectivity index (χ3n) is 2.70. The van der Waals surface area contributed by atoms with Crippen LogP contribution in [0.5, 0.6) is 0 Å². The highest BCUT2D eigenvalue weighted by molar-refractivity contribution is 5.88. The Bertz CT molecular complexity index is 581. The van der Waals surface area contributed by atoms with Gasteiger partial charge in [0.1, 0.15) is 6.79 Å². The van der Waals surface area contributed by atoms with Crippen LogP contribution in [0.2, 0.25) is 0 Å². The molecule has 2 aromatic rings. The molecule has 0 saturated carbocycles. The average molecular weight is 290 g/mol. The lowest BCUT2D eigenvalue weighted by atomic mass is 10.3. The van der Waals surface area contributed by atoms with Gasteiger partial charge in [-0.2, -0.15) is 5.10 Å². The number of hydrogen-bond donors (Lipinski definition) is 0. The van der Waals surface area contributed by atoms with Crippen LogP contribution in [0.25, 0.3) is 5.69 Å². The molecule has 0 bridgehead atoms. The van der Waals surface area contributed by atoms with E-state index in [9.17, 15) is 4.79 Å². The fourth-order valence-corrected chi connectivity index (χ4v) is 1.85. The third-order valence-corrected chi connectivity index (χ3v) is 2.70. The Morgan fingerprint density at radius 3 is 2.71 bits per heavy atom. The minimum Gasteiger partial charge on any atom is -0.461 e. The highest BCUT2D eigenvalue weighted by Crippen LogP contribution is 2.14. The Hall–Kier alpha value is -2.18. The van der Waals surface area contributed by atoms with E-state index in [1.165, 1.54) is 0 Å². The van der Waals surface area contributed by atoms with Crippen molar-refractivity contribution in [3.63, 3.8) is 0 Å². The number of carbonyl (C=O) groups is 1. The molecular weight excluding hydrogens is 272 g/mol. The lowest BCUT2D eigenvalue weighted by Crippen LogP contribution is -2.11. The number of hydrogen-bond acceptors (Lipinski definition) is 5. The summed E-state index contributed by atoms with van der Waals surface area (Å²) in [6, 6.07) is 11.1. The summed E-state index contributed by atoms with van der Waals surface area (Å²) in [7, 11) is 1.55. The molecule has 0 N–H and O–H groups in total. The zero-order valence-corrected chi connectivity index (χ0v) is 12.1. The quantitative estimate of drug-likeness (QED) is 0.444. The van der Waals surface area contributed by atoms with E-state index in [2.05, 4.69) is 5.10 Å². The summed E-state index contributed by atoms with van der Waals surface area (Å²) < 4.78 is 16.7. The molecule has 1 aromatic heterocycles. The van der Waals surface area contributed by atoms with E-state index in [4.69, 9.17) is 14.2 Å². The SMILES string of the molecule is CCOC(=O)c1cc(COCOC)nn1-c1ccccc1. The molecule has 0 unspecified atom stereocenters. The van der Waals surface area contributed by atoms with Gasteiger partial charge in [-0.05, 0) is 25.1 Å². The topological polar surface area (TPSA) is 62.6 Å². The Kier molecular flexibility index (Phi) is 5.48. The number of esters is 1. The number of ether oxygens (including phenoxy) is 3. The average Bonchev–Trinajstić information content (AvgIpc) is 2.93. The molecule has 0 atom stereocenters. The molecule has 112 valence electrons. The molecular formula is C15H18N2O4. The van der Waals surface area contributed by atoms with Crippen molar-refractivity contribution in [2.24, 2.45) is 0 Å². The molecule has 0 saturated heterocycles. The van der Waals surface area contributed by atoms with Crippen LogP contribution >= 0.6 is 0 Å². The van der Waals surface area contributed by atoms with Crippen molar-refractivity contribution in [3.05, 3.63) is 47.8 Å². The van der Waals surface area contributed by atoms with Crippen LogP contribution in [0, 0.1) is 0 Å². The summed E-state index contributed by atoms with van der Waals surface area (Å²) in [4.78, 5) is 12.0. The van der Waals surface area contributed by atoms with E-state index < -0.39 is 5.97 Å². The second kappa shape index (κ2) is 7.56. The summed E-state index contributed by atoms with van der Waals surface area (Å²) in [6.45, 7) is 2.52. The predicted octanol–water partition coefficient (Wildman–Crippen LogP) is 2.17. The first-order valence-corrected chi connectivity index (χ1v) is 6.64. The molecule has 0 aliphatic rings. The fraction of sp³-hybridized carbons (Fsp3) is 0.333. The van der Waals surface area contributed by atoms with Crippen LogP contribution in [0.15, 0.2) is 36.4 Å². The number of aromatic nitrogens is 2. The Balaban J connectivity index is 2.29. The van der Waals surface area contributed by atoms with E-state index >= 15 is 0 Å². The van der Waals surface area contributed by atoms with Gasteiger partial charge < -0.3 is 14.2 Å². The van der Waals surface area contributed by atoms with Crippen molar-refractivity contribution in [3.8, 4) is 5.69 Å². The molecule has 21 heavy (non-hydrogen) atoms. The van der Waals surface area contributed by atoms with Gasteiger partial charge in [0, 0.05) is 7.11 Å². The van der Waals surface area contributed by atoms with Crippen LogP contribution in [-0.2, 0) is 20.8 Å². The lowest BCUT2D eigenvalue weighted by Gasteiger charge is -2.06. The highest BCUT2D eigenvalue weighted by Gasteiger charge is 2.17. The Morgan fingerprint density at radius 2 is 2.05 bits per heavy atom. The molecule has 0 fully saturated rings. The summed E-state index contributed by atoms with van der Waals surface area (Å²) in [5.41, 5.74) is 1.80. The standard InChI is InChI=1S/C15H18N2O4/c1-3-21-15(18)14-9-12(10-20-11-19-2)16-17(14)13-7-5-4-6-8-13/h4-9H,3,10-11H2,1-2H3. The van der Waals surface area contributed by atoms with E-state index in [0.717, 1.165) is 5.69 Å². The third kappa shape index (κ3) is 3.90. The first-order valence-electron chi connectivity index (χ1n) is 6.64. The van der Waals surface area contributed by atoms with Crippen molar-refractivity contribution in [2.45, 2.75) is 13.5 Å². The monoisotopic (exact) mass is 290 g/mol. The molecule has 0 aliphatic carbocycles. The normalized spacial score (nSPS) is 10.6. The number of carbonyl (C=O) groups excluding carboxylic acids is 1. The van der Waals surface area contributed by atoms with Gasteiger partial charge in [0.05, 0.1) is 24.6 Å². The summed E-state index contributed by atoms with van der Waals surface area (Å²) in [5.74, 6) is -0.410. The van der Waals surface area contributed by atoms with E-state index in [-0.39, 0.29) is 13.4 Å². The van der Waals surface area contributed by atoms with Crippen molar-refractivity contribution in [1.82, 2.24) is 9.78 Å². The molecule has 0 radical (unpaired) electrons.